The van der Waals surface area contributed by atoms with Gasteiger partial charge in [0.05, 0.1) is 28.5 Å². The number of ether oxygens (including phenoxy) is 1. The van der Waals surface area contributed by atoms with Crippen LogP contribution >= 0.6 is 23.2 Å². The Balaban J connectivity index is 1.91. The molecule has 9 heteroatoms. The van der Waals surface area contributed by atoms with Gasteiger partial charge in [-0.2, -0.15) is 0 Å². The van der Waals surface area contributed by atoms with Crippen LogP contribution in [0.5, 0.6) is 0 Å². The predicted molar refractivity (Wildman–Crippen MR) is 110 cm³/mol. The molecule has 2 aromatic rings. The molecule has 0 spiro atoms. The van der Waals surface area contributed by atoms with E-state index in [1.807, 2.05) is 24.1 Å². The lowest BCUT2D eigenvalue weighted by Crippen LogP contribution is -2.48. The van der Waals surface area contributed by atoms with Gasteiger partial charge in [0.15, 0.2) is 0 Å². The number of urea groups is 1. The third kappa shape index (κ3) is 4.93. The second-order valence-corrected chi connectivity index (χ2v) is 7.33. The van der Waals surface area contributed by atoms with Crippen molar-refractivity contribution in [3.63, 3.8) is 0 Å². The smallest absolute Gasteiger partial charge is 0.338 e. The summed E-state index contributed by atoms with van der Waals surface area (Å²) in [7, 11) is 1.85. The number of benzene rings is 1. The van der Waals surface area contributed by atoms with Gasteiger partial charge in [0.2, 0.25) is 0 Å². The maximum absolute atomic E-state index is 12.7. The van der Waals surface area contributed by atoms with Gasteiger partial charge in [0.25, 0.3) is 0 Å². The van der Waals surface area contributed by atoms with Gasteiger partial charge in [0, 0.05) is 18.8 Å². The quantitative estimate of drug-likeness (QED) is 0.641. The number of rotatable bonds is 7. The molecule has 1 aromatic carbocycles. The first kappa shape index (κ1) is 21.2. The van der Waals surface area contributed by atoms with E-state index in [2.05, 4.69) is 10.6 Å². The molecule has 2 heterocycles. The van der Waals surface area contributed by atoms with Gasteiger partial charge in [-0.15, -0.1) is 0 Å². The fraction of sp³-hybridized carbons (Fsp3) is 0.300. The maximum atomic E-state index is 12.7. The van der Waals surface area contributed by atoms with Crippen molar-refractivity contribution in [3.05, 3.63) is 69.2 Å². The van der Waals surface area contributed by atoms with Crippen LogP contribution in [-0.2, 0) is 16.1 Å². The van der Waals surface area contributed by atoms with Gasteiger partial charge in [-0.05, 0) is 37.7 Å². The second kappa shape index (κ2) is 9.35. The number of nitrogens with one attached hydrogen (secondary N) is 2. The molecule has 1 unspecified atom stereocenters. The van der Waals surface area contributed by atoms with E-state index in [1.54, 1.807) is 25.1 Å². The lowest BCUT2D eigenvalue weighted by Gasteiger charge is -2.30. The van der Waals surface area contributed by atoms with Crippen molar-refractivity contribution in [1.82, 2.24) is 15.5 Å². The standard InChI is InChI=1S/C20H21Cl2N3O4/c1-3-28-19(26)16-14(23-20(27)24-18(16)15-8-5-9-29-15)11-25(2)10-12-6-4-7-13(21)17(12)22/h4-9,18H,3,10-11H2,1-2H3,(H2,23,24,27). The molecule has 154 valence electrons. The van der Waals surface area contributed by atoms with Crippen LogP contribution in [0.25, 0.3) is 0 Å². The van der Waals surface area contributed by atoms with Gasteiger partial charge >= 0.3 is 12.0 Å². The highest BCUT2D eigenvalue weighted by atomic mass is 35.5. The summed E-state index contributed by atoms with van der Waals surface area (Å²) in [5.74, 6) is -0.0773. The summed E-state index contributed by atoms with van der Waals surface area (Å²) >= 11 is 12.4. The number of carbonyl (C=O) groups excluding carboxylic acids is 2. The first-order valence-electron chi connectivity index (χ1n) is 9.03. The molecular formula is C20H21Cl2N3O4. The zero-order chi connectivity index (χ0) is 21.0. The average Bonchev–Trinajstić information content (AvgIpc) is 3.20. The van der Waals surface area contributed by atoms with Crippen LogP contribution in [0.2, 0.25) is 10.0 Å². The van der Waals surface area contributed by atoms with E-state index in [9.17, 15) is 9.59 Å². The van der Waals surface area contributed by atoms with Crippen LogP contribution in [0, 0.1) is 0 Å². The van der Waals surface area contributed by atoms with E-state index in [0.717, 1.165) is 5.56 Å². The molecule has 3 rings (SSSR count). The Bertz CT molecular complexity index is 928. The van der Waals surface area contributed by atoms with Crippen molar-refractivity contribution in [3.8, 4) is 0 Å². The molecule has 1 aromatic heterocycles. The van der Waals surface area contributed by atoms with E-state index in [0.29, 0.717) is 33.6 Å². The molecule has 1 atom stereocenters. The number of carbonyl (C=O) groups is 2. The molecule has 1 aliphatic heterocycles. The van der Waals surface area contributed by atoms with Crippen LogP contribution in [0.15, 0.2) is 52.3 Å². The molecule has 1 aliphatic rings. The Labute approximate surface area is 178 Å². The van der Waals surface area contributed by atoms with E-state index in [-0.39, 0.29) is 13.2 Å². The molecule has 2 N–H and O–H groups in total. The topological polar surface area (TPSA) is 83.8 Å². The van der Waals surface area contributed by atoms with Crippen molar-refractivity contribution >= 4 is 35.2 Å². The highest BCUT2D eigenvalue weighted by Gasteiger charge is 2.35. The van der Waals surface area contributed by atoms with Crippen molar-refractivity contribution in [1.29, 1.82) is 0 Å². The summed E-state index contributed by atoms with van der Waals surface area (Å²) in [5.41, 5.74) is 1.57. The Hall–Kier alpha value is -2.48. The zero-order valence-electron chi connectivity index (χ0n) is 16.0. The number of nitrogens with zero attached hydrogens (tertiary/aromatic N) is 1. The van der Waals surface area contributed by atoms with Gasteiger partial charge < -0.3 is 19.8 Å². The van der Waals surface area contributed by atoms with E-state index in [4.69, 9.17) is 32.4 Å². The van der Waals surface area contributed by atoms with Crippen LogP contribution < -0.4 is 10.6 Å². The summed E-state index contributed by atoms with van der Waals surface area (Å²) in [5, 5.41) is 6.39. The summed E-state index contributed by atoms with van der Waals surface area (Å²) < 4.78 is 10.7. The molecule has 0 bridgehead atoms. The first-order chi connectivity index (χ1) is 13.9. The van der Waals surface area contributed by atoms with E-state index >= 15 is 0 Å². The summed E-state index contributed by atoms with van der Waals surface area (Å²) in [4.78, 5) is 26.8. The Morgan fingerprint density at radius 2 is 2.03 bits per heavy atom. The van der Waals surface area contributed by atoms with Crippen LogP contribution in [-0.4, -0.2) is 37.1 Å². The van der Waals surface area contributed by atoms with Gasteiger partial charge in [-0.1, -0.05) is 35.3 Å². The van der Waals surface area contributed by atoms with Crippen LogP contribution in [0.1, 0.15) is 24.3 Å². The lowest BCUT2D eigenvalue weighted by molar-refractivity contribution is -0.139. The number of amides is 2. The Morgan fingerprint density at radius 3 is 2.72 bits per heavy atom. The molecule has 29 heavy (non-hydrogen) atoms. The van der Waals surface area contributed by atoms with Gasteiger partial charge in [-0.25, -0.2) is 9.59 Å². The molecule has 0 radical (unpaired) electrons. The summed E-state index contributed by atoms with van der Waals surface area (Å²) in [6, 6.07) is 7.63. The van der Waals surface area contributed by atoms with Gasteiger partial charge in [0.1, 0.15) is 11.8 Å². The highest BCUT2D eigenvalue weighted by Crippen LogP contribution is 2.29. The number of halogens is 2. The fourth-order valence-corrected chi connectivity index (χ4v) is 3.53. The Kier molecular flexibility index (Phi) is 6.84. The maximum Gasteiger partial charge on any atom is 0.338 e. The fourth-order valence-electron chi connectivity index (χ4n) is 3.15. The molecule has 7 nitrogen and oxygen atoms in total. The zero-order valence-corrected chi connectivity index (χ0v) is 17.5. The van der Waals surface area contributed by atoms with Crippen molar-refractivity contribution < 1.29 is 18.7 Å². The molecular weight excluding hydrogens is 417 g/mol. The van der Waals surface area contributed by atoms with Crippen LogP contribution in [0.4, 0.5) is 4.79 Å². The lowest BCUT2D eigenvalue weighted by atomic mass is 10.00. The van der Waals surface area contributed by atoms with Crippen molar-refractivity contribution in [2.45, 2.75) is 19.5 Å². The van der Waals surface area contributed by atoms with Gasteiger partial charge in [-0.3, -0.25) is 4.90 Å². The number of hydrogen-bond donors (Lipinski definition) is 2. The molecule has 0 saturated carbocycles. The number of hydrogen-bond acceptors (Lipinski definition) is 5. The number of furan rings is 1. The van der Waals surface area contributed by atoms with Crippen molar-refractivity contribution in [2.75, 3.05) is 20.2 Å². The average molecular weight is 438 g/mol. The predicted octanol–water partition coefficient (Wildman–Crippen LogP) is 3.89. The number of likely N-dealkylation sites (N-methyl/N-ethyl adjacent to an activating group) is 1. The largest absolute Gasteiger partial charge is 0.467 e. The third-order valence-electron chi connectivity index (χ3n) is 4.38. The van der Waals surface area contributed by atoms with E-state index in [1.165, 1.54) is 6.26 Å². The minimum atomic E-state index is -0.740. The molecule has 0 aliphatic carbocycles. The van der Waals surface area contributed by atoms with Crippen LogP contribution in [0.3, 0.4) is 0 Å². The summed E-state index contributed by atoms with van der Waals surface area (Å²) in [6.45, 7) is 2.68. The highest BCUT2D eigenvalue weighted by molar-refractivity contribution is 6.42. The molecule has 2 amide bonds. The second-order valence-electron chi connectivity index (χ2n) is 6.54. The third-order valence-corrected chi connectivity index (χ3v) is 5.23. The first-order valence-corrected chi connectivity index (χ1v) is 9.78. The molecule has 0 saturated heterocycles. The monoisotopic (exact) mass is 437 g/mol. The van der Waals surface area contributed by atoms with Crippen molar-refractivity contribution in [2.24, 2.45) is 0 Å². The summed E-state index contributed by atoms with van der Waals surface area (Å²) in [6.07, 6.45) is 1.49. The Morgan fingerprint density at radius 1 is 1.24 bits per heavy atom. The minimum absolute atomic E-state index is 0.211. The normalized spacial score (nSPS) is 16.6. The minimum Gasteiger partial charge on any atom is -0.467 e. The number of esters is 1. The van der Waals surface area contributed by atoms with E-state index < -0.39 is 18.0 Å². The SMILES string of the molecule is CCOC(=O)C1=C(CN(C)Cc2cccc(Cl)c2Cl)NC(=O)NC1c1ccco1. The molecule has 0 fully saturated rings.